The number of benzene rings is 1. The zero-order valence-corrected chi connectivity index (χ0v) is 8.94. The highest BCUT2D eigenvalue weighted by Gasteiger charge is 2.00. The molecule has 0 unspecified atom stereocenters. The number of hydrogen-bond donors (Lipinski definition) is 1. The quantitative estimate of drug-likeness (QED) is 0.747. The third-order valence-corrected chi connectivity index (χ3v) is 2.21. The number of nitrogens with zero attached hydrogens (tertiary/aromatic N) is 1. The van der Waals surface area contributed by atoms with E-state index in [-0.39, 0.29) is 5.82 Å². The summed E-state index contributed by atoms with van der Waals surface area (Å²) in [6.07, 6.45) is 0. The van der Waals surface area contributed by atoms with E-state index in [1.807, 2.05) is 13.0 Å². The highest BCUT2D eigenvalue weighted by molar-refractivity contribution is 7.71. The van der Waals surface area contributed by atoms with Crippen LogP contribution in [0.2, 0.25) is 0 Å². The molecule has 1 N–H and O–H groups in total. The minimum absolute atomic E-state index is 0.263. The van der Waals surface area contributed by atoms with E-state index in [1.165, 1.54) is 12.1 Å². The van der Waals surface area contributed by atoms with E-state index in [0.29, 0.717) is 4.64 Å². The maximum absolute atomic E-state index is 13.0. The van der Waals surface area contributed by atoms with Gasteiger partial charge < -0.3 is 4.98 Å². The SMILES string of the molecule is Cc1nc(=S)cc(-c2cccc(F)c2)[nH]1. The van der Waals surface area contributed by atoms with Crippen molar-refractivity contribution in [3.05, 3.63) is 46.6 Å². The van der Waals surface area contributed by atoms with Crippen molar-refractivity contribution >= 4 is 12.2 Å². The van der Waals surface area contributed by atoms with Gasteiger partial charge in [-0.3, -0.25) is 0 Å². The van der Waals surface area contributed by atoms with Crippen molar-refractivity contribution in [2.45, 2.75) is 6.92 Å². The van der Waals surface area contributed by atoms with Gasteiger partial charge in [0.05, 0.1) is 0 Å². The second-order valence-electron chi connectivity index (χ2n) is 3.23. The highest BCUT2D eigenvalue weighted by Crippen LogP contribution is 2.17. The van der Waals surface area contributed by atoms with Gasteiger partial charge in [-0.05, 0) is 25.1 Å². The van der Waals surface area contributed by atoms with Crippen molar-refractivity contribution in [2.24, 2.45) is 0 Å². The third kappa shape index (κ3) is 2.27. The van der Waals surface area contributed by atoms with Gasteiger partial charge in [-0.25, -0.2) is 9.37 Å². The minimum atomic E-state index is -0.263. The summed E-state index contributed by atoms with van der Waals surface area (Å²) in [7, 11) is 0. The minimum Gasteiger partial charge on any atom is -0.343 e. The second-order valence-corrected chi connectivity index (χ2v) is 3.65. The van der Waals surface area contributed by atoms with Crippen LogP contribution in [0.5, 0.6) is 0 Å². The molecule has 0 aliphatic heterocycles. The van der Waals surface area contributed by atoms with Gasteiger partial charge in [-0.1, -0.05) is 24.4 Å². The number of aryl methyl sites for hydroxylation is 1. The average molecular weight is 220 g/mol. The van der Waals surface area contributed by atoms with Gasteiger partial charge in [-0.2, -0.15) is 0 Å². The Labute approximate surface area is 91.8 Å². The van der Waals surface area contributed by atoms with E-state index in [0.717, 1.165) is 17.1 Å². The van der Waals surface area contributed by atoms with E-state index in [9.17, 15) is 4.39 Å². The summed E-state index contributed by atoms with van der Waals surface area (Å²) in [5.74, 6) is 0.461. The summed E-state index contributed by atoms with van der Waals surface area (Å²) in [5, 5.41) is 0. The molecule has 2 aromatic rings. The average Bonchev–Trinajstić information content (AvgIpc) is 2.16. The highest BCUT2D eigenvalue weighted by atomic mass is 32.1. The zero-order valence-electron chi connectivity index (χ0n) is 8.12. The summed E-state index contributed by atoms with van der Waals surface area (Å²) in [5.41, 5.74) is 1.55. The smallest absolute Gasteiger partial charge is 0.130 e. The molecule has 0 aliphatic carbocycles. The van der Waals surface area contributed by atoms with Crippen molar-refractivity contribution in [2.75, 3.05) is 0 Å². The molecule has 0 radical (unpaired) electrons. The van der Waals surface area contributed by atoms with Crippen molar-refractivity contribution in [3.63, 3.8) is 0 Å². The monoisotopic (exact) mass is 220 g/mol. The van der Waals surface area contributed by atoms with Crippen molar-refractivity contribution < 1.29 is 4.39 Å². The Kier molecular flexibility index (Phi) is 2.60. The molecule has 0 saturated carbocycles. The van der Waals surface area contributed by atoms with Gasteiger partial charge in [0.15, 0.2) is 0 Å². The molecule has 0 amide bonds. The standard InChI is InChI=1S/C11H9FN2S/c1-7-13-10(6-11(15)14-7)8-3-2-4-9(12)5-8/h2-6H,1H3,(H,13,14,15). The largest absolute Gasteiger partial charge is 0.343 e. The molecule has 1 aromatic carbocycles. The summed E-state index contributed by atoms with van der Waals surface area (Å²) in [6.45, 7) is 1.82. The van der Waals surface area contributed by atoms with Crippen LogP contribution < -0.4 is 0 Å². The van der Waals surface area contributed by atoms with Gasteiger partial charge in [0, 0.05) is 11.3 Å². The summed E-state index contributed by atoms with van der Waals surface area (Å²) >= 11 is 5.00. The van der Waals surface area contributed by atoms with Gasteiger partial charge >= 0.3 is 0 Å². The molecule has 0 spiro atoms. The first-order chi connectivity index (χ1) is 7.15. The summed E-state index contributed by atoms with van der Waals surface area (Å²) < 4.78 is 13.5. The van der Waals surface area contributed by atoms with Crippen LogP contribution in [0.4, 0.5) is 4.39 Å². The second kappa shape index (κ2) is 3.90. The van der Waals surface area contributed by atoms with Crippen LogP contribution in [0.25, 0.3) is 11.3 Å². The summed E-state index contributed by atoms with van der Waals surface area (Å²) in [4.78, 5) is 7.09. The normalized spacial score (nSPS) is 10.3. The lowest BCUT2D eigenvalue weighted by atomic mass is 10.1. The molecule has 2 nitrogen and oxygen atoms in total. The lowest BCUT2D eigenvalue weighted by Crippen LogP contribution is -1.91. The van der Waals surface area contributed by atoms with Crippen molar-refractivity contribution in [3.8, 4) is 11.3 Å². The fourth-order valence-corrected chi connectivity index (χ4v) is 1.65. The molecule has 0 bridgehead atoms. The molecule has 15 heavy (non-hydrogen) atoms. The van der Waals surface area contributed by atoms with Crippen LogP contribution in [0.15, 0.2) is 30.3 Å². The van der Waals surface area contributed by atoms with Crippen molar-refractivity contribution in [1.29, 1.82) is 0 Å². The van der Waals surface area contributed by atoms with Crippen LogP contribution in [-0.2, 0) is 0 Å². The van der Waals surface area contributed by atoms with E-state index in [4.69, 9.17) is 12.2 Å². The maximum Gasteiger partial charge on any atom is 0.130 e. The Morgan fingerprint density at radius 3 is 2.80 bits per heavy atom. The van der Waals surface area contributed by atoms with Gasteiger partial charge in [0.25, 0.3) is 0 Å². The van der Waals surface area contributed by atoms with Crippen LogP contribution in [0, 0.1) is 17.4 Å². The number of halogens is 1. The Morgan fingerprint density at radius 1 is 1.33 bits per heavy atom. The lowest BCUT2D eigenvalue weighted by Gasteiger charge is -2.03. The molecule has 0 fully saturated rings. The van der Waals surface area contributed by atoms with Crippen molar-refractivity contribution in [1.82, 2.24) is 9.97 Å². The van der Waals surface area contributed by atoms with Crippen LogP contribution in [-0.4, -0.2) is 9.97 Å². The number of aromatic amines is 1. The Balaban J connectivity index is 2.59. The number of nitrogens with one attached hydrogen (secondary N) is 1. The van der Waals surface area contributed by atoms with E-state index in [2.05, 4.69) is 9.97 Å². The Hall–Kier alpha value is -1.55. The molecule has 1 aromatic heterocycles. The topological polar surface area (TPSA) is 28.7 Å². The maximum atomic E-state index is 13.0. The molecule has 0 atom stereocenters. The third-order valence-electron chi connectivity index (χ3n) is 2.00. The molecule has 2 rings (SSSR count). The zero-order chi connectivity index (χ0) is 10.8. The van der Waals surface area contributed by atoms with E-state index < -0.39 is 0 Å². The van der Waals surface area contributed by atoms with Crippen LogP contribution in [0.1, 0.15) is 5.82 Å². The first-order valence-electron chi connectivity index (χ1n) is 4.49. The molecule has 0 aliphatic rings. The molecule has 76 valence electrons. The predicted molar refractivity (Wildman–Crippen MR) is 59.6 cm³/mol. The molecule has 0 saturated heterocycles. The van der Waals surface area contributed by atoms with E-state index >= 15 is 0 Å². The van der Waals surface area contributed by atoms with Gasteiger partial charge in [0.2, 0.25) is 0 Å². The lowest BCUT2D eigenvalue weighted by molar-refractivity contribution is 0.628. The summed E-state index contributed by atoms with van der Waals surface area (Å²) in [6, 6.07) is 8.07. The van der Waals surface area contributed by atoms with Crippen LogP contribution in [0.3, 0.4) is 0 Å². The first kappa shape index (κ1) is 9.98. The van der Waals surface area contributed by atoms with Gasteiger partial charge in [0.1, 0.15) is 16.3 Å². The number of H-pyrrole nitrogens is 1. The van der Waals surface area contributed by atoms with E-state index in [1.54, 1.807) is 12.1 Å². The molecular formula is C11H9FN2S. The molecule has 1 heterocycles. The first-order valence-corrected chi connectivity index (χ1v) is 4.90. The Morgan fingerprint density at radius 2 is 2.13 bits per heavy atom. The molecular weight excluding hydrogens is 211 g/mol. The van der Waals surface area contributed by atoms with Gasteiger partial charge in [-0.15, -0.1) is 0 Å². The molecule has 4 heteroatoms. The Bertz CT molecular complexity index is 548. The van der Waals surface area contributed by atoms with Crippen LogP contribution >= 0.6 is 12.2 Å². The number of aromatic nitrogens is 2. The number of hydrogen-bond acceptors (Lipinski definition) is 2. The fourth-order valence-electron chi connectivity index (χ4n) is 1.39. The fraction of sp³-hybridized carbons (Fsp3) is 0.0909. The number of rotatable bonds is 1. The predicted octanol–water partition coefficient (Wildman–Crippen LogP) is 3.25.